The Morgan fingerprint density at radius 2 is 1.88 bits per heavy atom. The van der Waals surface area contributed by atoms with Crippen molar-refractivity contribution < 1.29 is 9.18 Å². The first-order chi connectivity index (χ1) is 11.1. The van der Waals surface area contributed by atoms with E-state index in [2.05, 4.69) is 10.2 Å². The number of amides is 1. The van der Waals surface area contributed by atoms with E-state index in [1.807, 2.05) is 4.90 Å². The second kappa shape index (κ2) is 10.5. The first kappa shape index (κ1) is 22.5. The van der Waals surface area contributed by atoms with Gasteiger partial charge in [-0.1, -0.05) is 17.7 Å². The van der Waals surface area contributed by atoms with Crippen LogP contribution in [0.5, 0.6) is 0 Å². The Kier molecular flexibility index (Phi) is 9.46. The van der Waals surface area contributed by atoms with Crippen molar-refractivity contribution in [1.29, 1.82) is 0 Å². The maximum atomic E-state index is 13.1. The minimum atomic E-state index is -0.312. The average Bonchev–Trinajstić information content (AvgIpc) is 3.35. The Morgan fingerprint density at radius 3 is 2.48 bits per heavy atom. The Morgan fingerprint density at radius 1 is 1.20 bits per heavy atom. The number of rotatable bonds is 6. The summed E-state index contributed by atoms with van der Waals surface area (Å²) in [5, 5.41) is 3.72. The molecule has 1 aliphatic heterocycles. The second-order valence-electron chi connectivity index (χ2n) is 6.47. The third-order valence-corrected chi connectivity index (χ3v) is 4.89. The molecule has 142 valence electrons. The zero-order chi connectivity index (χ0) is 16.2. The van der Waals surface area contributed by atoms with Gasteiger partial charge in [-0.25, -0.2) is 4.39 Å². The Balaban J connectivity index is 0.00000156. The fraction of sp³-hybridized carbons (Fsp3) is 0.588. The van der Waals surface area contributed by atoms with Crippen LogP contribution in [0.3, 0.4) is 0 Å². The number of halogens is 4. The molecule has 1 amide bonds. The van der Waals surface area contributed by atoms with Crippen LogP contribution >= 0.6 is 36.4 Å². The molecule has 0 bridgehead atoms. The van der Waals surface area contributed by atoms with Crippen LogP contribution in [0.25, 0.3) is 0 Å². The van der Waals surface area contributed by atoms with Crippen LogP contribution in [0.1, 0.15) is 18.4 Å². The topological polar surface area (TPSA) is 35.6 Å². The van der Waals surface area contributed by atoms with E-state index in [1.54, 1.807) is 6.07 Å². The van der Waals surface area contributed by atoms with Gasteiger partial charge in [-0.2, -0.15) is 0 Å². The van der Waals surface area contributed by atoms with E-state index in [0.29, 0.717) is 18.1 Å². The van der Waals surface area contributed by atoms with Crippen LogP contribution < -0.4 is 5.32 Å². The molecule has 4 nitrogen and oxygen atoms in total. The molecule has 0 unspecified atom stereocenters. The van der Waals surface area contributed by atoms with E-state index in [1.165, 1.54) is 25.0 Å². The average molecular weight is 413 g/mol. The highest BCUT2D eigenvalue weighted by Gasteiger charge is 2.23. The normalized spacial score (nSPS) is 17.6. The highest BCUT2D eigenvalue weighted by atomic mass is 35.5. The summed E-state index contributed by atoms with van der Waals surface area (Å²) in [7, 11) is 0. The van der Waals surface area contributed by atoms with Crippen molar-refractivity contribution in [3.8, 4) is 0 Å². The van der Waals surface area contributed by atoms with Crippen molar-refractivity contribution in [2.45, 2.75) is 19.4 Å². The monoisotopic (exact) mass is 411 g/mol. The van der Waals surface area contributed by atoms with Gasteiger partial charge < -0.3 is 10.2 Å². The highest BCUT2D eigenvalue weighted by molar-refractivity contribution is 6.31. The molecule has 1 saturated heterocycles. The minimum Gasteiger partial charge on any atom is -0.339 e. The van der Waals surface area contributed by atoms with Crippen molar-refractivity contribution in [2.24, 2.45) is 5.92 Å². The van der Waals surface area contributed by atoms with E-state index < -0.39 is 0 Å². The fourth-order valence-electron chi connectivity index (χ4n) is 2.86. The molecule has 0 atom stereocenters. The van der Waals surface area contributed by atoms with Gasteiger partial charge in [0.05, 0.1) is 6.54 Å². The van der Waals surface area contributed by atoms with Crippen LogP contribution in [0.4, 0.5) is 4.39 Å². The first-order valence-electron chi connectivity index (χ1n) is 8.26. The van der Waals surface area contributed by atoms with Gasteiger partial charge in [0, 0.05) is 37.7 Å². The smallest absolute Gasteiger partial charge is 0.236 e. The maximum Gasteiger partial charge on any atom is 0.236 e. The van der Waals surface area contributed by atoms with E-state index in [-0.39, 0.29) is 36.5 Å². The van der Waals surface area contributed by atoms with Gasteiger partial charge in [0.25, 0.3) is 0 Å². The molecule has 8 heteroatoms. The lowest BCUT2D eigenvalue weighted by atomic mass is 10.2. The van der Waals surface area contributed by atoms with Gasteiger partial charge in [0.1, 0.15) is 5.82 Å². The Bertz CT molecular complexity index is 564. The zero-order valence-electron chi connectivity index (χ0n) is 14.0. The summed E-state index contributed by atoms with van der Waals surface area (Å²) in [4.78, 5) is 16.3. The van der Waals surface area contributed by atoms with Gasteiger partial charge in [-0.05, 0) is 43.0 Å². The summed E-state index contributed by atoms with van der Waals surface area (Å²) < 4.78 is 13.1. The molecule has 0 radical (unpaired) electrons. The van der Waals surface area contributed by atoms with E-state index in [0.717, 1.165) is 44.2 Å². The Hall–Kier alpha value is -0.590. The number of nitrogens with zero attached hydrogens (tertiary/aromatic N) is 2. The zero-order valence-corrected chi connectivity index (χ0v) is 16.4. The number of carbonyl (C=O) groups is 1. The van der Waals surface area contributed by atoms with Crippen LogP contribution in [-0.2, 0) is 11.3 Å². The molecule has 2 fully saturated rings. The summed E-state index contributed by atoms with van der Waals surface area (Å²) in [6.45, 7) is 5.23. The number of nitrogens with one attached hydrogen (secondary N) is 1. The molecular weight excluding hydrogens is 388 g/mol. The lowest BCUT2D eigenvalue weighted by Crippen LogP contribution is -2.50. The van der Waals surface area contributed by atoms with Crippen LogP contribution in [0, 0.1) is 11.7 Å². The maximum absolute atomic E-state index is 13.1. The molecule has 1 N–H and O–H groups in total. The van der Waals surface area contributed by atoms with E-state index >= 15 is 0 Å². The molecule has 1 aromatic rings. The molecule has 2 aliphatic rings. The molecular formula is C17H25Cl3FN3O. The molecule has 1 aliphatic carbocycles. The third-order valence-electron chi connectivity index (χ3n) is 4.54. The number of piperazine rings is 1. The van der Waals surface area contributed by atoms with Crippen LogP contribution in [0.15, 0.2) is 18.2 Å². The molecule has 1 saturated carbocycles. The molecule has 3 rings (SSSR count). The first-order valence-corrected chi connectivity index (χ1v) is 8.64. The summed E-state index contributed by atoms with van der Waals surface area (Å²) in [5.74, 6) is 0.665. The quantitative estimate of drug-likeness (QED) is 0.780. The number of carbonyl (C=O) groups excluding carboxylic acids is 1. The highest BCUT2D eigenvalue weighted by Crippen LogP contribution is 2.27. The largest absolute Gasteiger partial charge is 0.339 e. The molecule has 0 aromatic heterocycles. The van der Waals surface area contributed by atoms with Crippen molar-refractivity contribution in [3.05, 3.63) is 34.6 Å². The van der Waals surface area contributed by atoms with Gasteiger partial charge >= 0.3 is 0 Å². The van der Waals surface area contributed by atoms with Crippen LogP contribution in [-0.4, -0.2) is 55.0 Å². The summed E-state index contributed by atoms with van der Waals surface area (Å²) >= 11 is 6.08. The second-order valence-corrected chi connectivity index (χ2v) is 6.87. The van der Waals surface area contributed by atoms with Crippen molar-refractivity contribution in [2.75, 3.05) is 39.3 Å². The van der Waals surface area contributed by atoms with Gasteiger partial charge in [0.2, 0.25) is 5.91 Å². The van der Waals surface area contributed by atoms with Gasteiger partial charge in [0.15, 0.2) is 0 Å². The summed E-state index contributed by atoms with van der Waals surface area (Å²) in [5.41, 5.74) is 0.930. The predicted molar refractivity (Wildman–Crippen MR) is 103 cm³/mol. The standard InChI is InChI=1S/C17H23ClFN3O.2ClH/c18-16-9-15(19)4-3-14(16)12-21-5-7-22(8-6-21)17(23)11-20-10-13-1-2-13;;/h3-4,9,13,20H,1-2,5-8,10-12H2;2*1H. The molecule has 25 heavy (non-hydrogen) atoms. The van der Waals surface area contributed by atoms with Crippen LogP contribution in [0.2, 0.25) is 5.02 Å². The van der Waals surface area contributed by atoms with Crippen molar-refractivity contribution >= 4 is 42.3 Å². The lowest BCUT2D eigenvalue weighted by Gasteiger charge is -2.35. The van der Waals surface area contributed by atoms with Crippen molar-refractivity contribution in [3.63, 3.8) is 0 Å². The Labute approximate surface area is 165 Å². The van der Waals surface area contributed by atoms with Crippen molar-refractivity contribution in [1.82, 2.24) is 15.1 Å². The summed E-state index contributed by atoms with van der Waals surface area (Å²) in [6.07, 6.45) is 2.59. The molecule has 1 aromatic carbocycles. The number of hydrogen-bond donors (Lipinski definition) is 1. The van der Waals surface area contributed by atoms with E-state index in [4.69, 9.17) is 11.6 Å². The van der Waals surface area contributed by atoms with Gasteiger partial charge in [-0.15, -0.1) is 24.8 Å². The SMILES string of the molecule is Cl.Cl.O=C(CNCC1CC1)N1CCN(Cc2ccc(F)cc2Cl)CC1. The molecule has 0 spiro atoms. The third kappa shape index (κ3) is 6.91. The lowest BCUT2D eigenvalue weighted by molar-refractivity contribution is -0.132. The van der Waals surface area contributed by atoms with Gasteiger partial charge in [-0.3, -0.25) is 9.69 Å². The summed E-state index contributed by atoms with van der Waals surface area (Å²) in [6, 6.07) is 4.52. The molecule has 1 heterocycles. The fourth-order valence-corrected chi connectivity index (χ4v) is 3.09. The van der Waals surface area contributed by atoms with E-state index in [9.17, 15) is 9.18 Å². The predicted octanol–water partition coefficient (Wildman–Crippen LogP) is 2.97. The number of benzene rings is 1. The minimum absolute atomic E-state index is 0. The number of hydrogen-bond acceptors (Lipinski definition) is 3.